The highest BCUT2D eigenvalue weighted by Crippen LogP contribution is 2.17. The van der Waals surface area contributed by atoms with Crippen LogP contribution in [0.3, 0.4) is 0 Å². The van der Waals surface area contributed by atoms with Gasteiger partial charge in [-0.1, -0.05) is 41.1 Å². The number of rotatable bonds is 6. The zero-order chi connectivity index (χ0) is 13.5. The van der Waals surface area contributed by atoms with E-state index < -0.39 is 0 Å². The van der Waals surface area contributed by atoms with E-state index in [4.69, 9.17) is 0 Å². The molecule has 19 heavy (non-hydrogen) atoms. The largest absolute Gasteiger partial charge is 0.366 e. The minimum absolute atomic E-state index is 0.666. The third-order valence-electron chi connectivity index (χ3n) is 2.61. The van der Waals surface area contributed by atoms with Gasteiger partial charge in [0.15, 0.2) is 0 Å². The molecule has 0 bridgehead atoms. The van der Waals surface area contributed by atoms with Gasteiger partial charge in [-0.15, -0.1) is 0 Å². The Labute approximate surface area is 121 Å². The molecule has 1 aromatic heterocycles. The van der Waals surface area contributed by atoms with E-state index in [1.807, 2.05) is 24.3 Å². The summed E-state index contributed by atoms with van der Waals surface area (Å²) in [4.78, 5) is 8.58. The van der Waals surface area contributed by atoms with Crippen LogP contribution in [0.5, 0.6) is 0 Å². The summed E-state index contributed by atoms with van der Waals surface area (Å²) in [5.74, 6) is 1.49. The number of aromatic nitrogens is 2. The molecule has 1 heterocycles. The predicted octanol–water partition coefficient (Wildman–Crippen LogP) is 3.67. The van der Waals surface area contributed by atoms with Crippen LogP contribution in [0.4, 0.5) is 11.8 Å². The number of halogens is 1. The molecule has 0 atom stereocenters. The number of benzene rings is 1. The van der Waals surface area contributed by atoms with Gasteiger partial charge < -0.3 is 10.6 Å². The maximum atomic E-state index is 4.41. The van der Waals surface area contributed by atoms with Gasteiger partial charge in [0.2, 0.25) is 5.95 Å². The van der Waals surface area contributed by atoms with Crippen LogP contribution in [-0.2, 0) is 6.54 Å². The minimum atomic E-state index is 0.666. The molecule has 2 N–H and O–H groups in total. The highest BCUT2D eigenvalue weighted by Gasteiger charge is 2.01. The average Bonchev–Trinajstić information content (AvgIpc) is 2.45. The van der Waals surface area contributed by atoms with Crippen LogP contribution < -0.4 is 10.6 Å². The van der Waals surface area contributed by atoms with E-state index in [0.29, 0.717) is 5.95 Å². The minimum Gasteiger partial charge on any atom is -0.366 e. The van der Waals surface area contributed by atoms with Crippen LogP contribution in [-0.4, -0.2) is 16.5 Å². The molecule has 0 amide bonds. The first-order valence-corrected chi connectivity index (χ1v) is 7.13. The second kappa shape index (κ2) is 7.09. The molecule has 4 nitrogen and oxygen atoms in total. The zero-order valence-corrected chi connectivity index (χ0v) is 12.4. The Morgan fingerprint density at radius 3 is 2.79 bits per heavy atom. The predicted molar refractivity (Wildman–Crippen MR) is 82.3 cm³/mol. The fourth-order valence-corrected chi connectivity index (χ4v) is 2.03. The maximum Gasteiger partial charge on any atom is 0.224 e. The lowest BCUT2D eigenvalue weighted by atomic mass is 10.2. The first-order valence-electron chi connectivity index (χ1n) is 6.34. The summed E-state index contributed by atoms with van der Waals surface area (Å²) in [6, 6.07) is 10.0. The Balaban J connectivity index is 1.98. The summed E-state index contributed by atoms with van der Waals surface area (Å²) in [6.45, 7) is 3.72. The van der Waals surface area contributed by atoms with Crippen molar-refractivity contribution in [3.63, 3.8) is 0 Å². The van der Waals surface area contributed by atoms with Crippen molar-refractivity contribution in [1.82, 2.24) is 9.97 Å². The van der Waals surface area contributed by atoms with Crippen LogP contribution >= 0.6 is 15.9 Å². The lowest BCUT2D eigenvalue weighted by Crippen LogP contribution is -2.07. The SMILES string of the molecule is CCCNc1nccc(NCc2ccccc2Br)n1. The third kappa shape index (κ3) is 4.21. The van der Waals surface area contributed by atoms with Gasteiger partial charge >= 0.3 is 0 Å². The summed E-state index contributed by atoms with van der Waals surface area (Å²) < 4.78 is 1.10. The molecule has 0 aliphatic carbocycles. The molecule has 1 aromatic carbocycles. The Morgan fingerprint density at radius 1 is 1.16 bits per heavy atom. The molecule has 0 spiro atoms. The van der Waals surface area contributed by atoms with Crippen molar-refractivity contribution in [2.24, 2.45) is 0 Å². The van der Waals surface area contributed by atoms with Gasteiger partial charge in [0, 0.05) is 23.8 Å². The fourth-order valence-electron chi connectivity index (χ4n) is 1.61. The second-order valence-corrected chi connectivity index (χ2v) is 4.99. The Bertz CT molecular complexity index is 530. The van der Waals surface area contributed by atoms with Crippen LogP contribution in [0.2, 0.25) is 0 Å². The maximum absolute atomic E-state index is 4.41. The summed E-state index contributed by atoms with van der Waals surface area (Å²) >= 11 is 3.53. The molecule has 0 fully saturated rings. The molecule has 0 saturated heterocycles. The van der Waals surface area contributed by atoms with E-state index >= 15 is 0 Å². The van der Waals surface area contributed by atoms with E-state index in [-0.39, 0.29) is 0 Å². The number of hydrogen-bond acceptors (Lipinski definition) is 4. The normalized spacial score (nSPS) is 10.2. The number of nitrogens with one attached hydrogen (secondary N) is 2. The van der Waals surface area contributed by atoms with E-state index in [9.17, 15) is 0 Å². The zero-order valence-electron chi connectivity index (χ0n) is 10.9. The number of hydrogen-bond donors (Lipinski definition) is 2. The van der Waals surface area contributed by atoms with E-state index in [2.05, 4.69) is 49.5 Å². The molecule has 0 aliphatic heterocycles. The van der Waals surface area contributed by atoms with E-state index in [1.54, 1.807) is 6.20 Å². The second-order valence-electron chi connectivity index (χ2n) is 4.14. The standard InChI is InChI=1S/C14H17BrN4/c1-2-8-16-14-17-9-7-13(19-14)18-10-11-5-3-4-6-12(11)15/h3-7,9H,2,8,10H2,1H3,(H2,16,17,18,19). The summed E-state index contributed by atoms with van der Waals surface area (Å²) in [7, 11) is 0. The van der Waals surface area contributed by atoms with E-state index in [1.165, 1.54) is 5.56 Å². The first-order chi connectivity index (χ1) is 9.29. The van der Waals surface area contributed by atoms with Crippen molar-refractivity contribution in [2.75, 3.05) is 17.2 Å². The van der Waals surface area contributed by atoms with Crippen molar-refractivity contribution in [1.29, 1.82) is 0 Å². The van der Waals surface area contributed by atoms with Gasteiger partial charge in [-0.3, -0.25) is 0 Å². The molecule has 2 rings (SSSR count). The molecule has 5 heteroatoms. The molecular weight excluding hydrogens is 304 g/mol. The molecule has 0 radical (unpaired) electrons. The van der Waals surface area contributed by atoms with Crippen molar-refractivity contribution in [3.05, 3.63) is 46.6 Å². The highest BCUT2D eigenvalue weighted by atomic mass is 79.9. The van der Waals surface area contributed by atoms with Gasteiger partial charge in [0.05, 0.1) is 0 Å². The summed E-state index contributed by atoms with van der Waals surface area (Å²) in [6.07, 6.45) is 2.81. The lowest BCUT2D eigenvalue weighted by Gasteiger charge is -2.09. The Hall–Kier alpha value is -1.62. The molecule has 2 aromatic rings. The topological polar surface area (TPSA) is 49.8 Å². The highest BCUT2D eigenvalue weighted by molar-refractivity contribution is 9.10. The van der Waals surface area contributed by atoms with Crippen LogP contribution in [0.15, 0.2) is 41.0 Å². The molecule has 0 unspecified atom stereocenters. The fraction of sp³-hybridized carbons (Fsp3) is 0.286. The van der Waals surface area contributed by atoms with Crippen LogP contribution in [0.1, 0.15) is 18.9 Å². The monoisotopic (exact) mass is 320 g/mol. The Kier molecular flexibility index (Phi) is 5.15. The van der Waals surface area contributed by atoms with Crippen molar-refractivity contribution < 1.29 is 0 Å². The van der Waals surface area contributed by atoms with Gasteiger partial charge in [-0.2, -0.15) is 4.98 Å². The van der Waals surface area contributed by atoms with E-state index in [0.717, 1.165) is 29.8 Å². The number of anilines is 2. The molecule has 0 saturated carbocycles. The average molecular weight is 321 g/mol. The smallest absolute Gasteiger partial charge is 0.224 e. The number of nitrogens with zero attached hydrogens (tertiary/aromatic N) is 2. The summed E-state index contributed by atoms with van der Waals surface area (Å²) in [5.41, 5.74) is 1.20. The van der Waals surface area contributed by atoms with Crippen molar-refractivity contribution in [3.8, 4) is 0 Å². The van der Waals surface area contributed by atoms with Gasteiger partial charge in [0.1, 0.15) is 5.82 Å². The third-order valence-corrected chi connectivity index (χ3v) is 3.38. The lowest BCUT2D eigenvalue weighted by molar-refractivity contribution is 0.950. The first kappa shape index (κ1) is 13.8. The van der Waals surface area contributed by atoms with Gasteiger partial charge in [-0.25, -0.2) is 4.98 Å². The van der Waals surface area contributed by atoms with Crippen molar-refractivity contribution in [2.45, 2.75) is 19.9 Å². The van der Waals surface area contributed by atoms with Crippen LogP contribution in [0.25, 0.3) is 0 Å². The van der Waals surface area contributed by atoms with Gasteiger partial charge in [-0.05, 0) is 24.1 Å². The molecule has 100 valence electrons. The van der Waals surface area contributed by atoms with Gasteiger partial charge in [0.25, 0.3) is 0 Å². The molecular formula is C14H17BrN4. The summed E-state index contributed by atoms with van der Waals surface area (Å²) in [5, 5.41) is 6.47. The van der Waals surface area contributed by atoms with Crippen molar-refractivity contribution >= 4 is 27.7 Å². The molecule has 0 aliphatic rings. The quantitative estimate of drug-likeness (QED) is 0.852. The Morgan fingerprint density at radius 2 is 2.00 bits per heavy atom. The van der Waals surface area contributed by atoms with Crippen LogP contribution in [0, 0.1) is 0 Å².